The Bertz CT molecular complexity index is 444. The Balaban J connectivity index is 1.93. The summed E-state index contributed by atoms with van der Waals surface area (Å²) in [6, 6.07) is 0. The fourth-order valence-electron chi connectivity index (χ4n) is 1.94. The van der Waals surface area contributed by atoms with Gasteiger partial charge in [-0.2, -0.15) is 0 Å². The van der Waals surface area contributed by atoms with Crippen molar-refractivity contribution in [2.75, 3.05) is 19.7 Å². The molecule has 0 radical (unpaired) electrons. The normalized spacial score (nSPS) is 21.2. The highest BCUT2D eigenvalue weighted by Crippen LogP contribution is 2.18. The Morgan fingerprint density at radius 2 is 2.47 bits per heavy atom. The molecule has 6 heteroatoms. The molecule has 2 rings (SSSR count). The van der Waals surface area contributed by atoms with E-state index in [1.165, 1.54) is 0 Å². The lowest BCUT2D eigenvalue weighted by molar-refractivity contribution is 0.00529. The van der Waals surface area contributed by atoms with Gasteiger partial charge in [0.25, 0.3) is 0 Å². The molecule has 1 atom stereocenters. The fourth-order valence-corrected chi connectivity index (χ4v) is 2.82. The molecule has 1 aliphatic rings. The summed E-state index contributed by atoms with van der Waals surface area (Å²) < 4.78 is 5.49. The first-order chi connectivity index (χ1) is 9.06. The van der Waals surface area contributed by atoms with E-state index in [4.69, 9.17) is 10.5 Å². The van der Waals surface area contributed by atoms with Gasteiger partial charge in [0.1, 0.15) is 5.01 Å². The zero-order valence-electron chi connectivity index (χ0n) is 11.8. The molecule has 2 N–H and O–H groups in total. The first-order valence-electron chi connectivity index (χ1n) is 6.67. The maximum absolute atomic E-state index is 6.02. The van der Waals surface area contributed by atoms with Crippen LogP contribution < -0.4 is 5.73 Å². The molecule has 1 aliphatic heterocycles. The monoisotopic (exact) mass is 282 g/mol. The van der Waals surface area contributed by atoms with Crippen molar-refractivity contribution in [3.63, 3.8) is 0 Å². The molecule has 0 aromatic carbocycles. The summed E-state index contributed by atoms with van der Waals surface area (Å²) in [5.74, 6) is 1.06. The number of hydrogen-bond acceptors (Lipinski definition) is 4. The van der Waals surface area contributed by atoms with Crippen LogP contribution in [0.15, 0.2) is 10.4 Å². The third-order valence-corrected chi connectivity index (χ3v) is 3.95. The van der Waals surface area contributed by atoms with Crippen LogP contribution >= 0.6 is 11.3 Å². The number of thiazole rings is 1. The number of ether oxygens (including phenoxy) is 1. The zero-order chi connectivity index (χ0) is 13.8. The summed E-state index contributed by atoms with van der Waals surface area (Å²) >= 11 is 1.65. The number of hydrogen-bond donors (Lipinski definition) is 1. The summed E-state index contributed by atoms with van der Waals surface area (Å²) in [4.78, 5) is 11.1. The van der Waals surface area contributed by atoms with Crippen LogP contribution in [-0.4, -0.2) is 41.6 Å². The second-order valence-electron chi connectivity index (χ2n) is 5.12. The van der Waals surface area contributed by atoms with Crippen molar-refractivity contribution in [1.82, 2.24) is 9.88 Å². The van der Waals surface area contributed by atoms with E-state index in [2.05, 4.69) is 41.0 Å². The van der Waals surface area contributed by atoms with Crippen molar-refractivity contribution in [3.05, 3.63) is 16.1 Å². The predicted octanol–water partition coefficient (Wildman–Crippen LogP) is 1.80. The number of aliphatic imine (C=N–C) groups is 1. The Morgan fingerprint density at radius 1 is 1.68 bits per heavy atom. The zero-order valence-corrected chi connectivity index (χ0v) is 12.6. The summed E-state index contributed by atoms with van der Waals surface area (Å²) in [6.07, 6.45) is 0.218. The van der Waals surface area contributed by atoms with E-state index in [1.807, 2.05) is 0 Å². The maximum Gasteiger partial charge on any atom is 0.191 e. The average Bonchev–Trinajstić information content (AvgIpc) is 2.85. The Hall–Kier alpha value is -1.14. The largest absolute Gasteiger partial charge is 0.375 e. The average molecular weight is 282 g/mol. The quantitative estimate of drug-likeness (QED) is 0.678. The molecule has 0 spiro atoms. The summed E-state index contributed by atoms with van der Waals surface area (Å²) in [7, 11) is 0. The van der Waals surface area contributed by atoms with E-state index in [-0.39, 0.29) is 6.10 Å². The number of morpholine rings is 1. The van der Waals surface area contributed by atoms with Gasteiger partial charge in [-0.25, -0.2) is 9.98 Å². The lowest BCUT2D eigenvalue weighted by Gasteiger charge is -2.31. The van der Waals surface area contributed by atoms with Crippen LogP contribution in [-0.2, 0) is 11.3 Å². The van der Waals surface area contributed by atoms with Crippen LogP contribution in [0.4, 0.5) is 0 Å². The molecule has 1 saturated heterocycles. The lowest BCUT2D eigenvalue weighted by Crippen LogP contribution is -2.47. The molecule has 106 valence electrons. The van der Waals surface area contributed by atoms with Gasteiger partial charge in [-0.15, -0.1) is 11.3 Å². The molecule has 1 unspecified atom stereocenters. The molecule has 1 aromatic heterocycles. The molecule has 1 fully saturated rings. The van der Waals surface area contributed by atoms with E-state index >= 15 is 0 Å². The molecule has 0 amide bonds. The minimum atomic E-state index is 0.218. The minimum absolute atomic E-state index is 0.218. The van der Waals surface area contributed by atoms with Gasteiger partial charge in [0.05, 0.1) is 24.9 Å². The van der Waals surface area contributed by atoms with Crippen LogP contribution in [0.5, 0.6) is 0 Å². The third kappa shape index (κ3) is 3.91. The van der Waals surface area contributed by atoms with E-state index in [0.717, 1.165) is 23.8 Å². The van der Waals surface area contributed by atoms with Crippen LogP contribution in [0.3, 0.4) is 0 Å². The highest BCUT2D eigenvalue weighted by atomic mass is 32.1. The fraction of sp³-hybridized carbons (Fsp3) is 0.692. The van der Waals surface area contributed by atoms with Crippen LogP contribution in [0.2, 0.25) is 0 Å². The summed E-state index contributed by atoms with van der Waals surface area (Å²) in [5.41, 5.74) is 7.16. The number of rotatable bonds is 3. The summed E-state index contributed by atoms with van der Waals surface area (Å²) in [5, 5.41) is 3.12. The number of nitrogens with two attached hydrogens (primary N) is 1. The second kappa shape index (κ2) is 6.34. The molecule has 0 aliphatic carbocycles. The molecule has 0 saturated carbocycles. The number of nitrogens with zero attached hydrogens (tertiary/aromatic N) is 3. The second-order valence-corrected chi connectivity index (χ2v) is 6.07. The van der Waals surface area contributed by atoms with Crippen molar-refractivity contribution < 1.29 is 4.74 Å². The smallest absolute Gasteiger partial charge is 0.191 e. The van der Waals surface area contributed by atoms with Crippen molar-refractivity contribution in [3.8, 4) is 0 Å². The van der Waals surface area contributed by atoms with Gasteiger partial charge < -0.3 is 15.4 Å². The molecule has 5 nitrogen and oxygen atoms in total. The SMILES string of the molecule is CC1CN(C(N)=NCc2nc(C(C)C)cs2)CCO1. The van der Waals surface area contributed by atoms with E-state index in [9.17, 15) is 0 Å². The topological polar surface area (TPSA) is 63.7 Å². The Morgan fingerprint density at radius 3 is 3.11 bits per heavy atom. The minimum Gasteiger partial charge on any atom is -0.375 e. The van der Waals surface area contributed by atoms with Crippen molar-refractivity contribution >= 4 is 17.3 Å². The highest BCUT2D eigenvalue weighted by Gasteiger charge is 2.18. The number of aromatic nitrogens is 1. The molecule has 19 heavy (non-hydrogen) atoms. The first-order valence-corrected chi connectivity index (χ1v) is 7.55. The van der Waals surface area contributed by atoms with Crippen molar-refractivity contribution in [2.24, 2.45) is 10.7 Å². The standard InChI is InChI=1S/C13H22N4OS/c1-9(2)11-8-19-12(16-11)6-15-13(14)17-4-5-18-10(3)7-17/h8-10H,4-7H2,1-3H3,(H2,14,15). The van der Waals surface area contributed by atoms with Gasteiger partial charge >= 0.3 is 0 Å². The molecular weight excluding hydrogens is 260 g/mol. The van der Waals surface area contributed by atoms with Crippen LogP contribution in [0.25, 0.3) is 0 Å². The Kier molecular flexibility index (Phi) is 4.76. The van der Waals surface area contributed by atoms with Gasteiger partial charge in [0, 0.05) is 18.5 Å². The lowest BCUT2D eigenvalue weighted by atomic mass is 10.2. The van der Waals surface area contributed by atoms with Gasteiger partial charge in [-0.1, -0.05) is 13.8 Å². The van der Waals surface area contributed by atoms with Gasteiger partial charge in [0.15, 0.2) is 5.96 Å². The molecule has 1 aromatic rings. The molecule has 2 heterocycles. The van der Waals surface area contributed by atoms with Gasteiger partial charge in [0.2, 0.25) is 0 Å². The van der Waals surface area contributed by atoms with Crippen LogP contribution in [0.1, 0.15) is 37.4 Å². The third-order valence-electron chi connectivity index (χ3n) is 3.10. The maximum atomic E-state index is 6.02. The van der Waals surface area contributed by atoms with Crippen LogP contribution in [0, 0.1) is 0 Å². The van der Waals surface area contributed by atoms with E-state index < -0.39 is 0 Å². The van der Waals surface area contributed by atoms with Crippen molar-refractivity contribution in [2.45, 2.75) is 39.3 Å². The highest BCUT2D eigenvalue weighted by molar-refractivity contribution is 7.09. The van der Waals surface area contributed by atoms with E-state index in [0.29, 0.717) is 25.0 Å². The predicted molar refractivity (Wildman–Crippen MR) is 78.5 cm³/mol. The van der Waals surface area contributed by atoms with Crippen molar-refractivity contribution in [1.29, 1.82) is 0 Å². The number of guanidine groups is 1. The van der Waals surface area contributed by atoms with Gasteiger partial charge in [-0.3, -0.25) is 0 Å². The molecular formula is C13H22N4OS. The first kappa shape index (κ1) is 14.3. The molecule has 0 bridgehead atoms. The van der Waals surface area contributed by atoms with Gasteiger partial charge in [-0.05, 0) is 12.8 Å². The Labute approximate surface area is 118 Å². The van der Waals surface area contributed by atoms with E-state index in [1.54, 1.807) is 11.3 Å². The summed E-state index contributed by atoms with van der Waals surface area (Å²) in [6.45, 7) is 9.24.